The van der Waals surface area contributed by atoms with E-state index < -0.39 is 0 Å². The molecule has 0 aliphatic rings. The molecule has 0 amide bonds. The van der Waals surface area contributed by atoms with Gasteiger partial charge >= 0.3 is 0 Å². The van der Waals surface area contributed by atoms with Gasteiger partial charge in [-0.2, -0.15) is 0 Å². The van der Waals surface area contributed by atoms with Crippen LogP contribution in [0.1, 0.15) is 50.7 Å². The molecule has 0 radical (unpaired) electrons. The first kappa shape index (κ1) is 17.2. The maximum absolute atomic E-state index is 8.34. The molecular formula is C19H28N2. The Bertz CT molecular complexity index is 535. The monoisotopic (exact) mass is 284 g/mol. The third kappa shape index (κ3) is 4.32. The summed E-state index contributed by atoms with van der Waals surface area (Å²) in [6, 6.07) is 8.60. The van der Waals surface area contributed by atoms with Crippen LogP contribution in [-0.4, -0.2) is 12.8 Å². The van der Waals surface area contributed by atoms with Crippen molar-refractivity contribution in [3.8, 4) is 0 Å². The molecule has 2 nitrogen and oxygen atoms in total. The second kappa shape index (κ2) is 7.82. The predicted molar refractivity (Wildman–Crippen MR) is 93.1 cm³/mol. The average Bonchev–Trinajstić information content (AvgIpc) is 2.44. The Hall–Kier alpha value is -1.83. The van der Waals surface area contributed by atoms with E-state index in [1.165, 1.54) is 11.1 Å². The van der Waals surface area contributed by atoms with Crippen molar-refractivity contribution in [3.05, 3.63) is 58.8 Å². The van der Waals surface area contributed by atoms with Crippen LogP contribution in [0.4, 0.5) is 0 Å². The lowest BCUT2D eigenvalue weighted by Crippen LogP contribution is -2.20. The molecule has 1 aromatic carbocycles. The molecule has 0 spiro atoms. The largest absolute Gasteiger partial charge is 0.390 e. The van der Waals surface area contributed by atoms with Gasteiger partial charge in [0.2, 0.25) is 0 Å². The van der Waals surface area contributed by atoms with Gasteiger partial charge in [-0.25, -0.2) is 0 Å². The summed E-state index contributed by atoms with van der Waals surface area (Å²) in [7, 11) is 1.93. The van der Waals surface area contributed by atoms with Crippen LogP contribution < -0.4 is 5.32 Å². The van der Waals surface area contributed by atoms with E-state index in [-0.39, 0.29) is 5.92 Å². The summed E-state index contributed by atoms with van der Waals surface area (Å²) in [6.07, 6.45) is 1.76. The zero-order valence-electron chi connectivity index (χ0n) is 14.0. The number of nitrogens with one attached hydrogen (secondary N) is 2. The van der Waals surface area contributed by atoms with Crippen molar-refractivity contribution >= 4 is 5.71 Å². The summed E-state index contributed by atoms with van der Waals surface area (Å²) in [4.78, 5) is 0. The molecule has 114 valence electrons. The maximum atomic E-state index is 8.34. The highest BCUT2D eigenvalue weighted by Crippen LogP contribution is 2.28. The molecule has 1 rings (SSSR count). The fourth-order valence-electron chi connectivity index (χ4n) is 2.60. The summed E-state index contributed by atoms with van der Waals surface area (Å²) in [6.45, 7) is 12.4. The van der Waals surface area contributed by atoms with E-state index in [1.54, 1.807) is 0 Å². The van der Waals surface area contributed by atoms with Crippen LogP contribution in [-0.2, 0) is 0 Å². The Labute approximate surface area is 129 Å². The van der Waals surface area contributed by atoms with Crippen LogP contribution in [0.15, 0.2) is 47.7 Å². The van der Waals surface area contributed by atoms with Gasteiger partial charge in [0, 0.05) is 29.9 Å². The zero-order valence-corrected chi connectivity index (χ0v) is 14.0. The summed E-state index contributed by atoms with van der Waals surface area (Å²) in [5.41, 5.74) is 6.22. The van der Waals surface area contributed by atoms with E-state index in [0.29, 0.717) is 5.71 Å². The van der Waals surface area contributed by atoms with E-state index in [2.05, 4.69) is 56.9 Å². The molecule has 1 atom stereocenters. The van der Waals surface area contributed by atoms with Gasteiger partial charge in [0.25, 0.3) is 0 Å². The highest BCUT2D eigenvalue weighted by atomic mass is 14.8. The lowest BCUT2D eigenvalue weighted by Gasteiger charge is -2.22. The molecule has 0 aliphatic heterocycles. The average molecular weight is 284 g/mol. The van der Waals surface area contributed by atoms with Crippen LogP contribution in [0.5, 0.6) is 0 Å². The third-order valence-corrected chi connectivity index (χ3v) is 3.78. The Morgan fingerprint density at radius 1 is 1.29 bits per heavy atom. The molecule has 0 saturated heterocycles. The predicted octanol–water partition coefficient (Wildman–Crippen LogP) is 4.97. The van der Waals surface area contributed by atoms with Crippen molar-refractivity contribution in [1.82, 2.24) is 5.32 Å². The zero-order chi connectivity index (χ0) is 16.0. The van der Waals surface area contributed by atoms with Gasteiger partial charge in [-0.05, 0) is 31.4 Å². The Balaban J connectivity index is 3.28. The topological polar surface area (TPSA) is 35.9 Å². The normalized spacial score (nSPS) is 13.4. The Morgan fingerprint density at radius 3 is 2.29 bits per heavy atom. The van der Waals surface area contributed by atoms with Gasteiger partial charge in [0.1, 0.15) is 0 Å². The van der Waals surface area contributed by atoms with Crippen molar-refractivity contribution in [2.75, 3.05) is 7.05 Å². The van der Waals surface area contributed by atoms with E-state index in [0.717, 1.165) is 29.7 Å². The van der Waals surface area contributed by atoms with E-state index in [4.69, 9.17) is 5.41 Å². The highest BCUT2D eigenvalue weighted by Gasteiger charge is 2.18. The molecule has 0 saturated carbocycles. The molecule has 1 aromatic rings. The second-order valence-electron chi connectivity index (χ2n) is 5.68. The molecule has 0 heterocycles. The fourth-order valence-corrected chi connectivity index (χ4v) is 2.60. The second-order valence-corrected chi connectivity index (χ2v) is 5.68. The number of benzene rings is 1. The van der Waals surface area contributed by atoms with Gasteiger partial charge in [0.05, 0.1) is 0 Å². The van der Waals surface area contributed by atoms with E-state index >= 15 is 0 Å². The van der Waals surface area contributed by atoms with Crippen molar-refractivity contribution in [2.24, 2.45) is 0 Å². The lowest BCUT2D eigenvalue weighted by molar-refractivity contribution is 0.781. The molecule has 1 unspecified atom stereocenters. The fraction of sp³-hybridized carbons (Fsp3) is 0.421. The summed E-state index contributed by atoms with van der Waals surface area (Å²) < 4.78 is 0. The first-order valence-electron chi connectivity index (χ1n) is 7.64. The minimum Gasteiger partial charge on any atom is -0.390 e. The van der Waals surface area contributed by atoms with Crippen molar-refractivity contribution in [3.63, 3.8) is 0 Å². The van der Waals surface area contributed by atoms with Gasteiger partial charge in [-0.3, -0.25) is 0 Å². The van der Waals surface area contributed by atoms with Crippen molar-refractivity contribution in [1.29, 1.82) is 5.41 Å². The number of likely N-dealkylation sites (N-methyl/N-ethyl adjacent to an activating group) is 1. The highest BCUT2D eigenvalue weighted by molar-refractivity contribution is 6.02. The molecule has 2 N–H and O–H groups in total. The van der Waals surface area contributed by atoms with Crippen LogP contribution in [0, 0.1) is 12.3 Å². The molecular weight excluding hydrogens is 256 g/mol. The number of hydrogen-bond donors (Lipinski definition) is 2. The molecule has 0 bridgehead atoms. The molecule has 2 heteroatoms. The van der Waals surface area contributed by atoms with E-state index in [9.17, 15) is 0 Å². The van der Waals surface area contributed by atoms with Crippen molar-refractivity contribution < 1.29 is 0 Å². The lowest BCUT2D eigenvalue weighted by atomic mass is 9.89. The Kier molecular flexibility index (Phi) is 6.41. The van der Waals surface area contributed by atoms with Gasteiger partial charge in [-0.1, -0.05) is 56.7 Å². The summed E-state index contributed by atoms with van der Waals surface area (Å²) >= 11 is 0. The SMILES string of the molecule is C=C(C)/C(C(=N)CCC)=C(/NC)C(C)c1ccc(C)cc1. The molecule has 0 fully saturated rings. The quantitative estimate of drug-likeness (QED) is 0.538. The standard InChI is InChI=1S/C19H28N2/c1-7-8-17(20)18(13(2)3)19(21-6)15(5)16-11-9-14(4)10-12-16/h9-12,15,20-21H,2,7-8H2,1,3-6H3/b19-18-,20-17?. The minimum atomic E-state index is 0.222. The first-order valence-corrected chi connectivity index (χ1v) is 7.64. The van der Waals surface area contributed by atoms with Crippen LogP contribution in [0.2, 0.25) is 0 Å². The van der Waals surface area contributed by atoms with Crippen molar-refractivity contribution in [2.45, 2.75) is 46.5 Å². The number of hydrogen-bond acceptors (Lipinski definition) is 2. The Morgan fingerprint density at radius 2 is 1.86 bits per heavy atom. The summed E-state index contributed by atoms with van der Waals surface area (Å²) in [5.74, 6) is 0.222. The van der Waals surface area contributed by atoms with Gasteiger partial charge in [-0.15, -0.1) is 0 Å². The van der Waals surface area contributed by atoms with Crippen LogP contribution in [0.25, 0.3) is 0 Å². The third-order valence-electron chi connectivity index (χ3n) is 3.78. The molecule has 0 aliphatic carbocycles. The number of rotatable bonds is 7. The number of aryl methyl sites for hydroxylation is 1. The smallest absolute Gasteiger partial charge is 0.0406 e. The molecule has 21 heavy (non-hydrogen) atoms. The first-order chi connectivity index (χ1) is 9.92. The van der Waals surface area contributed by atoms with Crippen LogP contribution in [0.3, 0.4) is 0 Å². The maximum Gasteiger partial charge on any atom is 0.0406 e. The van der Waals surface area contributed by atoms with E-state index in [1.807, 2.05) is 14.0 Å². The number of allylic oxidation sites excluding steroid dienone is 3. The molecule has 0 aromatic heterocycles. The van der Waals surface area contributed by atoms with Crippen LogP contribution >= 0.6 is 0 Å². The van der Waals surface area contributed by atoms with Gasteiger partial charge < -0.3 is 10.7 Å². The van der Waals surface area contributed by atoms with Gasteiger partial charge in [0.15, 0.2) is 0 Å². The summed E-state index contributed by atoms with van der Waals surface area (Å²) in [5, 5.41) is 11.7. The minimum absolute atomic E-state index is 0.222.